The molecule has 0 fully saturated rings. The number of rotatable bonds is 6. The van der Waals surface area contributed by atoms with Gasteiger partial charge in [-0.3, -0.25) is 13.7 Å². The van der Waals surface area contributed by atoms with Gasteiger partial charge in [0.2, 0.25) is 0 Å². The third kappa shape index (κ3) is 4.65. The third-order valence-corrected chi connectivity index (χ3v) is 5.07. The smallest absolute Gasteiger partial charge is 0.262 e. The van der Waals surface area contributed by atoms with E-state index < -0.39 is 11.3 Å². The van der Waals surface area contributed by atoms with Crippen LogP contribution in [0.5, 0.6) is 0 Å². The number of hydrogen-bond acceptors (Lipinski definition) is 2. The highest BCUT2D eigenvalue weighted by Gasteiger charge is 2.15. The zero-order chi connectivity index (χ0) is 20.1. The summed E-state index contributed by atoms with van der Waals surface area (Å²) in [6, 6.07) is 24.6. The molecule has 0 aromatic heterocycles. The van der Waals surface area contributed by atoms with E-state index in [1.807, 2.05) is 60.7 Å². The van der Waals surface area contributed by atoms with E-state index >= 15 is 0 Å². The second-order valence-corrected chi connectivity index (χ2v) is 7.48. The summed E-state index contributed by atoms with van der Waals surface area (Å²) in [5.74, 6) is -0.106. The highest BCUT2D eigenvalue weighted by atomic mass is 32.2. The van der Waals surface area contributed by atoms with Crippen molar-refractivity contribution in [2.45, 2.75) is 6.54 Å². The number of nitrogens with zero attached hydrogens (tertiary/aromatic N) is 2. The van der Waals surface area contributed by atoms with Gasteiger partial charge in [0.1, 0.15) is 0 Å². The van der Waals surface area contributed by atoms with E-state index in [9.17, 15) is 13.6 Å². The molecule has 0 heterocycles. The molecule has 0 saturated heterocycles. The minimum absolute atomic E-state index is 0.106. The molecule has 1 N–H and O–H groups in total. The molecule has 6 heteroatoms. The predicted octanol–water partition coefficient (Wildman–Crippen LogP) is 4.20. The average molecular weight is 394 g/mol. The molecule has 0 bridgehead atoms. The van der Waals surface area contributed by atoms with Gasteiger partial charge < -0.3 is 4.90 Å². The summed E-state index contributed by atoms with van der Waals surface area (Å²) in [5, 5.41) is 0. The van der Waals surface area contributed by atoms with Crippen molar-refractivity contribution in [3.05, 3.63) is 90.0 Å². The second kappa shape index (κ2) is 8.82. The Kier molecular flexibility index (Phi) is 6.23. The van der Waals surface area contributed by atoms with Crippen LogP contribution in [-0.4, -0.2) is 33.7 Å². The predicted molar refractivity (Wildman–Crippen MR) is 113 cm³/mol. The van der Waals surface area contributed by atoms with Gasteiger partial charge in [-0.1, -0.05) is 54.6 Å². The standard InChI is InChI=1S/C22H22N2O3S/c1-23(2)22(25)20-10-6-7-17(15-20)16-24(28(26)27)21-13-11-19(12-14-21)18-8-4-3-5-9-18/h3-15H,16H2,1-2H3,(H,26,27). The Balaban J connectivity index is 1.84. The number of carbonyl (C=O) groups excluding carboxylic acids is 1. The molecule has 0 saturated carbocycles. The van der Waals surface area contributed by atoms with Crippen molar-refractivity contribution < 1.29 is 13.6 Å². The van der Waals surface area contributed by atoms with E-state index in [1.165, 1.54) is 9.21 Å². The highest BCUT2D eigenvalue weighted by molar-refractivity contribution is 7.80. The van der Waals surface area contributed by atoms with Crippen LogP contribution in [0.15, 0.2) is 78.9 Å². The van der Waals surface area contributed by atoms with Crippen molar-refractivity contribution >= 4 is 22.9 Å². The molecule has 0 spiro atoms. The van der Waals surface area contributed by atoms with Gasteiger partial charge in [0.25, 0.3) is 17.2 Å². The fourth-order valence-electron chi connectivity index (χ4n) is 2.91. The molecular formula is C22H22N2O3S. The summed E-state index contributed by atoms with van der Waals surface area (Å²) in [6.07, 6.45) is 0. The zero-order valence-electron chi connectivity index (χ0n) is 15.8. The quantitative estimate of drug-likeness (QED) is 0.638. The van der Waals surface area contributed by atoms with Crippen LogP contribution < -0.4 is 4.31 Å². The van der Waals surface area contributed by atoms with Crippen LogP contribution in [0.25, 0.3) is 11.1 Å². The molecule has 1 amide bonds. The van der Waals surface area contributed by atoms with Crippen LogP contribution in [0.3, 0.4) is 0 Å². The van der Waals surface area contributed by atoms with E-state index in [2.05, 4.69) is 0 Å². The molecule has 0 aliphatic heterocycles. The van der Waals surface area contributed by atoms with Crippen LogP contribution in [0.4, 0.5) is 5.69 Å². The number of hydrogen-bond donors (Lipinski definition) is 1. The fourth-order valence-corrected chi connectivity index (χ4v) is 3.48. The van der Waals surface area contributed by atoms with E-state index in [-0.39, 0.29) is 12.5 Å². The van der Waals surface area contributed by atoms with Gasteiger partial charge >= 0.3 is 0 Å². The lowest BCUT2D eigenvalue weighted by molar-refractivity contribution is 0.0827. The maximum absolute atomic E-state index is 12.2. The van der Waals surface area contributed by atoms with Crippen molar-refractivity contribution in [1.82, 2.24) is 4.90 Å². The monoisotopic (exact) mass is 394 g/mol. The molecular weight excluding hydrogens is 372 g/mol. The van der Waals surface area contributed by atoms with Crippen molar-refractivity contribution in [2.75, 3.05) is 18.4 Å². The summed E-state index contributed by atoms with van der Waals surface area (Å²) in [4.78, 5) is 13.7. The Morgan fingerprint density at radius 2 is 1.54 bits per heavy atom. The molecule has 0 aliphatic rings. The lowest BCUT2D eigenvalue weighted by Crippen LogP contribution is -2.25. The minimum Gasteiger partial charge on any atom is -0.345 e. The Hall–Kier alpha value is -2.96. The summed E-state index contributed by atoms with van der Waals surface area (Å²) in [6.45, 7) is 0.211. The first-order chi connectivity index (χ1) is 13.5. The van der Waals surface area contributed by atoms with Crippen LogP contribution in [0.2, 0.25) is 0 Å². The minimum atomic E-state index is -2.19. The second-order valence-electron chi connectivity index (χ2n) is 6.58. The molecule has 0 aliphatic carbocycles. The van der Waals surface area contributed by atoms with Crippen molar-refractivity contribution in [3.8, 4) is 11.1 Å². The Morgan fingerprint density at radius 1 is 0.893 bits per heavy atom. The van der Waals surface area contributed by atoms with E-state index in [0.29, 0.717) is 11.3 Å². The van der Waals surface area contributed by atoms with E-state index in [1.54, 1.807) is 32.3 Å². The first-order valence-corrected chi connectivity index (χ1v) is 9.86. The summed E-state index contributed by atoms with van der Waals surface area (Å²) in [5.41, 5.74) is 4.07. The first-order valence-electron chi connectivity index (χ1n) is 8.80. The maximum atomic E-state index is 12.2. The van der Waals surface area contributed by atoms with Crippen LogP contribution >= 0.6 is 0 Å². The average Bonchev–Trinajstić information content (AvgIpc) is 2.72. The van der Waals surface area contributed by atoms with Crippen LogP contribution in [-0.2, 0) is 17.8 Å². The van der Waals surface area contributed by atoms with Gasteiger partial charge in [-0.25, -0.2) is 4.21 Å². The Bertz CT molecular complexity index is 973. The molecule has 3 aromatic rings. The van der Waals surface area contributed by atoms with Gasteiger partial charge in [0.15, 0.2) is 0 Å². The van der Waals surface area contributed by atoms with Crippen LogP contribution in [0.1, 0.15) is 15.9 Å². The largest absolute Gasteiger partial charge is 0.345 e. The number of benzene rings is 3. The lowest BCUT2D eigenvalue weighted by atomic mass is 10.1. The Labute approximate surface area is 167 Å². The van der Waals surface area contributed by atoms with Gasteiger partial charge in [-0.2, -0.15) is 0 Å². The summed E-state index contributed by atoms with van der Waals surface area (Å²) >= 11 is -2.19. The normalized spacial score (nSPS) is 11.7. The number of anilines is 1. The molecule has 0 radical (unpaired) electrons. The van der Waals surface area contributed by atoms with Crippen molar-refractivity contribution in [3.63, 3.8) is 0 Å². The SMILES string of the molecule is CN(C)C(=O)c1cccc(CN(c2ccc(-c3ccccc3)cc2)S(=O)O)c1. The molecule has 3 aromatic carbocycles. The fraction of sp³-hybridized carbons (Fsp3) is 0.136. The van der Waals surface area contributed by atoms with Crippen molar-refractivity contribution in [1.29, 1.82) is 0 Å². The van der Waals surface area contributed by atoms with Gasteiger partial charge in [0, 0.05) is 19.7 Å². The molecule has 1 atom stereocenters. The molecule has 1 unspecified atom stereocenters. The molecule has 3 rings (SSSR count). The molecule has 5 nitrogen and oxygen atoms in total. The topological polar surface area (TPSA) is 60.9 Å². The molecule has 28 heavy (non-hydrogen) atoms. The third-order valence-electron chi connectivity index (χ3n) is 4.36. The number of carbonyl (C=O) groups is 1. The maximum Gasteiger partial charge on any atom is 0.262 e. The first kappa shape index (κ1) is 19.8. The number of amides is 1. The van der Waals surface area contributed by atoms with E-state index in [4.69, 9.17) is 0 Å². The molecule has 144 valence electrons. The Morgan fingerprint density at radius 3 is 2.14 bits per heavy atom. The van der Waals surface area contributed by atoms with Gasteiger partial charge in [-0.15, -0.1) is 0 Å². The van der Waals surface area contributed by atoms with Gasteiger partial charge in [-0.05, 0) is 41.0 Å². The lowest BCUT2D eigenvalue weighted by Gasteiger charge is -2.21. The van der Waals surface area contributed by atoms with Crippen LogP contribution in [0, 0.1) is 0 Å². The summed E-state index contributed by atoms with van der Waals surface area (Å²) < 4.78 is 23.1. The highest BCUT2D eigenvalue weighted by Crippen LogP contribution is 2.25. The van der Waals surface area contributed by atoms with E-state index in [0.717, 1.165) is 16.7 Å². The summed E-state index contributed by atoms with van der Waals surface area (Å²) in [7, 11) is 3.39. The van der Waals surface area contributed by atoms with Crippen molar-refractivity contribution in [2.24, 2.45) is 0 Å². The zero-order valence-corrected chi connectivity index (χ0v) is 16.6. The van der Waals surface area contributed by atoms with Gasteiger partial charge in [0.05, 0.1) is 12.2 Å².